The van der Waals surface area contributed by atoms with E-state index in [-0.39, 0.29) is 12.1 Å². The lowest BCUT2D eigenvalue weighted by molar-refractivity contribution is 0.146. The van der Waals surface area contributed by atoms with Gasteiger partial charge in [0.15, 0.2) is 5.82 Å². The van der Waals surface area contributed by atoms with Crippen molar-refractivity contribution in [2.45, 2.75) is 39.2 Å². The zero-order chi connectivity index (χ0) is 16.9. The van der Waals surface area contributed by atoms with E-state index in [9.17, 15) is 4.79 Å². The molecule has 1 aliphatic rings. The van der Waals surface area contributed by atoms with E-state index < -0.39 is 0 Å². The molecular formula is C18H25N5O. The van der Waals surface area contributed by atoms with Gasteiger partial charge in [-0.2, -0.15) is 0 Å². The third kappa shape index (κ3) is 3.58. The van der Waals surface area contributed by atoms with Crippen LogP contribution >= 0.6 is 0 Å². The van der Waals surface area contributed by atoms with E-state index in [1.165, 1.54) is 0 Å². The molecule has 0 unspecified atom stereocenters. The number of carbonyl (C=O) groups is 1. The Labute approximate surface area is 142 Å². The second-order valence-corrected chi connectivity index (χ2v) is 6.68. The number of nitrogens with one attached hydrogen (secondary N) is 1. The molecule has 2 aromatic rings. The fourth-order valence-corrected chi connectivity index (χ4v) is 3.09. The average Bonchev–Trinajstić information content (AvgIpc) is 3.10. The van der Waals surface area contributed by atoms with Crippen LogP contribution in [0.25, 0.3) is 5.69 Å². The minimum atomic E-state index is -0.0337. The molecule has 1 aromatic heterocycles. The zero-order valence-corrected chi connectivity index (χ0v) is 14.4. The third-order valence-corrected chi connectivity index (χ3v) is 4.33. The van der Waals surface area contributed by atoms with Crippen molar-refractivity contribution >= 4 is 6.03 Å². The van der Waals surface area contributed by atoms with Crippen molar-refractivity contribution in [1.29, 1.82) is 0 Å². The Kier molecular flexibility index (Phi) is 5.13. The summed E-state index contributed by atoms with van der Waals surface area (Å²) in [6, 6.07) is 9.99. The van der Waals surface area contributed by atoms with Crippen LogP contribution in [0.2, 0.25) is 0 Å². The van der Waals surface area contributed by atoms with Gasteiger partial charge >= 0.3 is 6.03 Å². The summed E-state index contributed by atoms with van der Waals surface area (Å²) in [6.07, 6.45) is 4.77. The van der Waals surface area contributed by atoms with Crippen LogP contribution in [-0.2, 0) is 0 Å². The van der Waals surface area contributed by atoms with Crippen LogP contribution < -0.4 is 5.32 Å². The van der Waals surface area contributed by atoms with Crippen molar-refractivity contribution in [3.05, 3.63) is 42.5 Å². The highest BCUT2D eigenvalue weighted by Gasteiger charge is 2.31. The topological polar surface area (TPSA) is 63.1 Å². The van der Waals surface area contributed by atoms with Gasteiger partial charge in [0.1, 0.15) is 6.33 Å². The predicted molar refractivity (Wildman–Crippen MR) is 92.9 cm³/mol. The second-order valence-electron chi connectivity index (χ2n) is 6.68. The molecule has 128 valence electrons. The molecular weight excluding hydrogens is 302 g/mol. The molecule has 1 N–H and O–H groups in total. The standard InChI is InChI=1S/C18H25N5O/c1-14(2)12-19-18(24)22-11-7-6-10-16(22)17-21-20-13-23(17)15-8-4-3-5-9-15/h3-5,8-9,13-14,16H,6-7,10-12H2,1-2H3,(H,19,24)/t16-/m1/s1. The number of hydrogen-bond acceptors (Lipinski definition) is 3. The molecule has 0 aliphatic carbocycles. The number of hydrogen-bond donors (Lipinski definition) is 1. The zero-order valence-electron chi connectivity index (χ0n) is 14.4. The normalized spacial score (nSPS) is 18.0. The van der Waals surface area contributed by atoms with Crippen molar-refractivity contribution in [2.75, 3.05) is 13.1 Å². The molecule has 6 heteroatoms. The molecule has 1 aromatic carbocycles. The molecule has 0 spiro atoms. The Bertz CT molecular complexity index is 667. The van der Waals surface area contributed by atoms with E-state index in [2.05, 4.69) is 29.4 Å². The van der Waals surface area contributed by atoms with Gasteiger partial charge in [0.2, 0.25) is 0 Å². The molecule has 1 atom stereocenters. The minimum absolute atomic E-state index is 0.00369. The van der Waals surface area contributed by atoms with Gasteiger partial charge in [0, 0.05) is 18.8 Å². The van der Waals surface area contributed by atoms with Crippen molar-refractivity contribution in [2.24, 2.45) is 5.92 Å². The van der Waals surface area contributed by atoms with E-state index in [1.807, 2.05) is 39.8 Å². The van der Waals surface area contributed by atoms with E-state index in [0.717, 1.165) is 37.3 Å². The van der Waals surface area contributed by atoms with E-state index in [0.29, 0.717) is 12.5 Å². The highest BCUT2D eigenvalue weighted by Crippen LogP contribution is 2.30. The number of likely N-dealkylation sites (tertiary alicyclic amines) is 1. The number of rotatable bonds is 4. The van der Waals surface area contributed by atoms with Gasteiger partial charge in [-0.1, -0.05) is 32.0 Å². The summed E-state index contributed by atoms with van der Waals surface area (Å²) in [6.45, 7) is 5.64. The fraction of sp³-hybridized carbons (Fsp3) is 0.500. The third-order valence-electron chi connectivity index (χ3n) is 4.33. The average molecular weight is 327 g/mol. The molecule has 2 heterocycles. The maximum atomic E-state index is 12.6. The Morgan fingerprint density at radius 2 is 2.08 bits per heavy atom. The van der Waals surface area contributed by atoms with Crippen molar-refractivity contribution in [3.8, 4) is 5.69 Å². The summed E-state index contributed by atoms with van der Waals surface area (Å²) in [7, 11) is 0. The monoisotopic (exact) mass is 327 g/mol. The molecule has 1 fully saturated rings. The summed E-state index contributed by atoms with van der Waals surface area (Å²) in [5, 5.41) is 11.5. The summed E-state index contributed by atoms with van der Waals surface area (Å²) < 4.78 is 1.98. The molecule has 0 radical (unpaired) electrons. The Morgan fingerprint density at radius 1 is 1.29 bits per heavy atom. The maximum absolute atomic E-state index is 12.6. The number of carbonyl (C=O) groups excluding carboxylic acids is 1. The Hall–Kier alpha value is -2.37. The molecule has 3 rings (SSSR count). The van der Waals surface area contributed by atoms with Gasteiger partial charge in [-0.15, -0.1) is 10.2 Å². The number of para-hydroxylation sites is 1. The number of amides is 2. The van der Waals surface area contributed by atoms with Crippen LogP contribution in [0.3, 0.4) is 0 Å². The largest absolute Gasteiger partial charge is 0.338 e. The lowest BCUT2D eigenvalue weighted by atomic mass is 10.0. The highest BCUT2D eigenvalue weighted by atomic mass is 16.2. The molecule has 2 amide bonds. The van der Waals surface area contributed by atoms with Gasteiger partial charge < -0.3 is 10.2 Å². The van der Waals surface area contributed by atoms with Gasteiger partial charge in [-0.25, -0.2) is 4.79 Å². The summed E-state index contributed by atoms with van der Waals surface area (Å²) in [4.78, 5) is 14.5. The minimum Gasteiger partial charge on any atom is -0.338 e. The van der Waals surface area contributed by atoms with Crippen LogP contribution in [0.15, 0.2) is 36.7 Å². The van der Waals surface area contributed by atoms with E-state index >= 15 is 0 Å². The first kappa shape index (κ1) is 16.5. The predicted octanol–water partition coefficient (Wildman–Crippen LogP) is 3.16. The lowest BCUT2D eigenvalue weighted by Gasteiger charge is -2.35. The Balaban J connectivity index is 1.84. The van der Waals surface area contributed by atoms with Crippen LogP contribution in [0.1, 0.15) is 45.0 Å². The van der Waals surface area contributed by atoms with Crippen LogP contribution in [0.4, 0.5) is 4.79 Å². The van der Waals surface area contributed by atoms with Gasteiger partial charge in [0.05, 0.1) is 6.04 Å². The molecule has 1 aliphatic heterocycles. The Morgan fingerprint density at radius 3 is 2.83 bits per heavy atom. The van der Waals surface area contributed by atoms with Crippen LogP contribution in [0.5, 0.6) is 0 Å². The molecule has 0 bridgehead atoms. The summed E-state index contributed by atoms with van der Waals surface area (Å²) in [5.41, 5.74) is 1.02. The van der Waals surface area contributed by atoms with E-state index in [1.54, 1.807) is 6.33 Å². The smallest absolute Gasteiger partial charge is 0.318 e. The second kappa shape index (κ2) is 7.47. The lowest BCUT2D eigenvalue weighted by Crippen LogP contribution is -2.46. The highest BCUT2D eigenvalue weighted by molar-refractivity contribution is 5.74. The number of urea groups is 1. The van der Waals surface area contributed by atoms with Crippen molar-refractivity contribution < 1.29 is 4.79 Å². The SMILES string of the molecule is CC(C)CNC(=O)N1CCCC[C@@H]1c1nncn1-c1ccccc1. The van der Waals surface area contributed by atoms with Crippen molar-refractivity contribution in [1.82, 2.24) is 25.0 Å². The number of benzene rings is 1. The first-order chi connectivity index (χ1) is 11.7. The number of nitrogens with zero attached hydrogens (tertiary/aromatic N) is 4. The van der Waals surface area contributed by atoms with Crippen LogP contribution in [0, 0.1) is 5.92 Å². The molecule has 0 saturated carbocycles. The molecule has 1 saturated heterocycles. The summed E-state index contributed by atoms with van der Waals surface area (Å²) in [5.74, 6) is 1.27. The number of piperidine rings is 1. The van der Waals surface area contributed by atoms with Gasteiger partial charge in [0.25, 0.3) is 0 Å². The van der Waals surface area contributed by atoms with Crippen molar-refractivity contribution in [3.63, 3.8) is 0 Å². The van der Waals surface area contributed by atoms with Gasteiger partial charge in [-0.3, -0.25) is 4.57 Å². The van der Waals surface area contributed by atoms with E-state index in [4.69, 9.17) is 0 Å². The van der Waals surface area contributed by atoms with Crippen LogP contribution in [-0.4, -0.2) is 38.8 Å². The maximum Gasteiger partial charge on any atom is 0.318 e. The molecule has 6 nitrogen and oxygen atoms in total. The van der Waals surface area contributed by atoms with Gasteiger partial charge in [-0.05, 0) is 37.3 Å². The first-order valence-corrected chi connectivity index (χ1v) is 8.66. The summed E-state index contributed by atoms with van der Waals surface area (Å²) >= 11 is 0. The quantitative estimate of drug-likeness (QED) is 0.938. The first-order valence-electron chi connectivity index (χ1n) is 8.66. The number of aromatic nitrogens is 3. The fourth-order valence-electron chi connectivity index (χ4n) is 3.09. The molecule has 24 heavy (non-hydrogen) atoms.